The molecule has 0 spiro atoms. The first-order valence-corrected chi connectivity index (χ1v) is 5.49. The van der Waals surface area contributed by atoms with E-state index in [1.807, 2.05) is 43.3 Å². The normalized spacial score (nSPS) is 12.4. The first-order chi connectivity index (χ1) is 7.68. The highest BCUT2D eigenvalue weighted by atomic mass is 35.5. The van der Waals surface area contributed by atoms with E-state index in [9.17, 15) is 0 Å². The van der Waals surface area contributed by atoms with Crippen molar-refractivity contribution in [1.29, 1.82) is 0 Å². The third kappa shape index (κ3) is 2.23. The highest BCUT2D eigenvalue weighted by Gasteiger charge is 2.11. The SMILES string of the molecule is Cc1cc(Cl)ncc1[C@@H](N)c1ccccc1. The summed E-state index contributed by atoms with van der Waals surface area (Å²) in [5, 5.41) is 0.501. The van der Waals surface area contributed by atoms with Gasteiger partial charge in [0.05, 0.1) is 6.04 Å². The fourth-order valence-electron chi connectivity index (χ4n) is 1.70. The number of nitrogens with zero attached hydrogens (tertiary/aromatic N) is 1. The lowest BCUT2D eigenvalue weighted by molar-refractivity contribution is 0.853. The van der Waals surface area contributed by atoms with Gasteiger partial charge in [0.25, 0.3) is 0 Å². The molecule has 82 valence electrons. The number of pyridine rings is 1. The lowest BCUT2D eigenvalue weighted by atomic mass is 9.98. The summed E-state index contributed by atoms with van der Waals surface area (Å²) in [6, 6.07) is 11.6. The Morgan fingerprint density at radius 2 is 1.94 bits per heavy atom. The van der Waals surface area contributed by atoms with Crippen molar-refractivity contribution in [1.82, 2.24) is 4.98 Å². The Hall–Kier alpha value is -1.38. The number of aryl methyl sites for hydroxylation is 1. The van der Waals surface area contributed by atoms with Crippen LogP contribution in [0.3, 0.4) is 0 Å². The van der Waals surface area contributed by atoms with Gasteiger partial charge < -0.3 is 5.73 Å². The Bertz CT molecular complexity index is 483. The number of hydrogen-bond acceptors (Lipinski definition) is 2. The topological polar surface area (TPSA) is 38.9 Å². The van der Waals surface area contributed by atoms with E-state index < -0.39 is 0 Å². The highest BCUT2D eigenvalue weighted by molar-refractivity contribution is 6.29. The molecule has 0 amide bonds. The molecule has 2 nitrogen and oxygen atoms in total. The molecule has 2 N–H and O–H groups in total. The molecule has 16 heavy (non-hydrogen) atoms. The van der Waals surface area contributed by atoms with E-state index >= 15 is 0 Å². The van der Waals surface area contributed by atoms with E-state index in [1.54, 1.807) is 6.20 Å². The zero-order valence-corrected chi connectivity index (χ0v) is 9.78. The summed E-state index contributed by atoms with van der Waals surface area (Å²) in [7, 11) is 0. The van der Waals surface area contributed by atoms with Gasteiger partial charge >= 0.3 is 0 Å². The summed E-state index contributed by atoms with van der Waals surface area (Å²) < 4.78 is 0. The molecule has 0 aliphatic carbocycles. The molecule has 0 unspecified atom stereocenters. The van der Waals surface area contributed by atoms with Crippen LogP contribution in [0.5, 0.6) is 0 Å². The molecule has 0 aliphatic heterocycles. The van der Waals surface area contributed by atoms with E-state index in [1.165, 1.54) is 0 Å². The fourth-order valence-corrected chi connectivity index (χ4v) is 1.91. The van der Waals surface area contributed by atoms with Crippen LogP contribution in [0, 0.1) is 6.92 Å². The first-order valence-electron chi connectivity index (χ1n) is 5.11. The molecule has 1 atom stereocenters. The predicted molar refractivity (Wildman–Crippen MR) is 66.5 cm³/mol. The average molecular weight is 233 g/mol. The van der Waals surface area contributed by atoms with E-state index in [2.05, 4.69) is 4.98 Å². The van der Waals surface area contributed by atoms with Crippen LogP contribution in [0.2, 0.25) is 5.15 Å². The fraction of sp³-hybridized carbons (Fsp3) is 0.154. The van der Waals surface area contributed by atoms with Crippen molar-refractivity contribution in [3.63, 3.8) is 0 Å². The van der Waals surface area contributed by atoms with Gasteiger partial charge in [-0.2, -0.15) is 0 Å². The van der Waals surface area contributed by atoms with Gasteiger partial charge in [0.1, 0.15) is 5.15 Å². The molecular formula is C13H13ClN2. The maximum Gasteiger partial charge on any atom is 0.129 e. The molecule has 0 saturated carbocycles. The summed E-state index contributed by atoms with van der Waals surface area (Å²) >= 11 is 5.82. The van der Waals surface area contributed by atoms with Crippen LogP contribution in [0.1, 0.15) is 22.7 Å². The second kappa shape index (κ2) is 4.64. The van der Waals surface area contributed by atoms with E-state index in [0.717, 1.165) is 16.7 Å². The minimum atomic E-state index is -0.147. The minimum Gasteiger partial charge on any atom is -0.320 e. The number of hydrogen-bond donors (Lipinski definition) is 1. The lowest BCUT2D eigenvalue weighted by Gasteiger charge is -2.14. The van der Waals surface area contributed by atoms with Gasteiger partial charge in [0, 0.05) is 6.20 Å². The third-order valence-electron chi connectivity index (χ3n) is 2.61. The Balaban J connectivity index is 2.38. The molecule has 0 radical (unpaired) electrons. The zero-order chi connectivity index (χ0) is 11.5. The Morgan fingerprint density at radius 1 is 1.25 bits per heavy atom. The smallest absolute Gasteiger partial charge is 0.129 e. The maximum atomic E-state index is 6.18. The van der Waals surface area contributed by atoms with Crippen molar-refractivity contribution >= 4 is 11.6 Å². The van der Waals surface area contributed by atoms with Crippen molar-refractivity contribution in [2.75, 3.05) is 0 Å². The molecule has 2 rings (SSSR count). The van der Waals surface area contributed by atoms with Gasteiger partial charge in [-0.1, -0.05) is 41.9 Å². The number of rotatable bonds is 2. The van der Waals surface area contributed by atoms with Gasteiger partial charge in [-0.25, -0.2) is 4.98 Å². The van der Waals surface area contributed by atoms with Crippen molar-refractivity contribution < 1.29 is 0 Å². The minimum absolute atomic E-state index is 0.147. The molecule has 1 aromatic carbocycles. The Kier molecular flexibility index (Phi) is 3.22. The van der Waals surface area contributed by atoms with E-state index in [4.69, 9.17) is 17.3 Å². The summed E-state index contributed by atoms with van der Waals surface area (Å²) in [5.74, 6) is 0. The Labute approximate surface area is 100 Å². The van der Waals surface area contributed by atoms with Gasteiger partial charge in [0.15, 0.2) is 0 Å². The van der Waals surface area contributed by atoms with Gasteiger partial charge in [0.2, 0.25) is 0 Å². The average Bonchev–Trinajstić information content (AvgIpc) is 2.29. The van der Waals surface area contributed by atoms with Crippen LogP contribution < -0.4 is 5.73 Å². The molecule has 0 bridgehead atoms. The van der Waals surface area contributed by atoms with Crippen LogP contribution in [0.25, 0.3) is 0 Å². The summed E-state index contributed by atoms with van der Waals surface area (Å²) in [6.45, 7) is 1.99. The van der Waals surface area contributed by atoms with Crippen LogP contribution >= 0.6 is 11.6 Å². The molecule has 1 aromatic heterocycles. The lowest BCUT2D eigenvalue weighted by Crippen LogP contribution is -2.13. The van der Waals surface area contributed by atoms with Gasteiger partial charge in [-0.3, -0.25) is 0 Å². The summed E-state index contributed by atoms with van der Waals surface area (Å²) in [5.41, 5.74) is 9.34. The van der Waals surface area contributed by atoms with Gasteiger partial charge in [-0.05, 0) is 29.7 Å². The molecule has 1 heterocycles. The summed E-state index contributed by atoms with van der Waals surface area (Å²) in [6.07, 6.45) is 1.75. The molecular weight excluding hydrogens is 220 g/mol. The molecule has 0 saturated heterocycles. The number of benzene rings is 1. The van der Waals surface area contributed by atoms with Crippen LogP contribution in [-0.2, 0) is 0 Å². The molecule has 0 fully saturated rings. The van der Waals surface area contributed by atoms with Crippen LogP contribution in [0.4, 0.5) is 0 Å². The van der Waals surface area contributed by atoms with Gasteiger partial charge in [-0.15, -0.1) is 0 Å². The quantitative estimate of drug-likeness (QED) is 0.809. The van der Waals surface area contributed by atoms with Crippen molar-refractivity contribution in [2.24, 2.45) is 5.73 Å². The standard InChI is InChI=1S/C13H13ClN2/c1-9-7-12(14)16-8-11(9)13(15)10-5-3-2-4-6-10/h2-8,13H,15H2,1H3/t13-/m0/s1. The third-order valence-corrected chi connectivity index (χ3v) is 2.82. The van der Waals surface area contributed by atoms with E-state index in [0.29, 0.717) is 5.15 Å². The first kappa shape index (κ1) is 11.1. The van der Waals surface area contributed by atoms with Crippen molar-refractivity contribution in [3.05, 3.63) is 64.4 Å². The number of nitrogens with two attached hydrogens (primary N) is 1. The van der Waals surface area contributed by atoms with Crippen molar-refractivity contribution in [2.45, 2.75) is 13.0 Å². The van der Waals surface area contributed by atoms with Crippen LogP contribution in [-0.4, -0.2) is 4.98 Å². The second-order valence-electron chi connectivity index (χ2n) is 3.75. The molecule has 3 heteroatoms. The molecule has 2 aromatic rings. The number of aromatic nitrogens is 1. The monoisotopic (exact) mass is 232 g/mol. The predicted octanol–water partition coefficient (Wildman–Crippen LogP) is 3.09. The second-order valence-corrected chi connectivity index (χ2v) is 4.14. The maximum absolute atomic E-state index is 6.18. The van der Waals surface area contributed by atoms with Crippen LogP contribution in [0.15, 0.2) is 42.6 Å². The van der Waals surface area contributed by atoms with Crippen molar-refractivity contribution in [3.8, 4) is 0 Å². The summed E-state index contributed by atoms with van der Waals surface area (Å²) in [4.78, 5) is 4.07. The zero-order valence-electron chi connectivity index (χ0n) is 9.02. The molecule has 0 aliphatic rings. The Morgan fingerprint density at radius 3 is 2.56 bits per heavy atom. The van der Waals surface area contributed by atoms with E-state index in [-0.39, 0.29) is 6.04 Å². The largest absolute Gasteiger partial charge is 0.320 e. The number of halogens is 1. The highest BCUT2D eigenvalue weighted by Crippen LogP contribution is 2.23.